The molecule has 1 aliphatic carbocycles. The van der Waals surface area contributed by atoms with Crippen molar-refractivity contribution in [2.45, 2.75) is 38.9 Å². The number of carbonyl (C=O) groups excluding carboxylic acids is 2. The molecule has 0 amide bonds. The highest BCUT2D eigenvalue weighted by molar-refractivity contribution is 6.61. The van der Waals surface area contributed by atoms with Crippen LogP contribution < -0.4 is 0 Å². The van der Waals surface area contributed by atoms with Gasteiger partial charge in [-0.2, -0.15) is 0 Å². The molecular formula is C20H20Cl2O4. The molecule has 0 spiro atoms. The van der Waals surface area contributed by atoms with E-state index in [1.807, 2.05) is 31.2 Å². The van der Waals surface area contributed by atoms with Gasteiger partial charge in [-0.05, 0) is 43.0 Å². The maximum absolute atomic E-state index is 11.0. The standard InChI is InChI=1S/C16H13ClO2.C4H7ClO2/c1-10(19-16(17)18)15-13-8-4-2-6-11(13)12-7-3-5-9-14(12)15;1-3(2)7-4(5)6/h2-10,15H,1H3;3H,1-2H3. The molecule has 1 unspecified atom stereocenters. The molecule has 0 aromatic heterocycles. The zero-order valence-electron chi connectivity index (χ0n) is 14.7. The van der Waals surface area contributed by atoms with Crippen LogP contribution in [0.3, 0.4) is 0 Å². The monoisotopic (exact) mass is 394 g/mol. The first-order valence-electron chi connectivity index (χ1n) is 8.21. The van der Waals surface area contributed by atoms with Crippen molar-refractivity contribution in [2.24, 2.45) is 0 Å². The third kappa shape index (κ3) is 4.99. The van der Waals surface area contributed by atoms with E-state index >= 15 is 0 Å². The Kier molecular flexibility index (Phi) is 7.06. The van der Waals surface area contributed by atoms with E-state index in [4.69, 9.17) is 27.9 Å². The van der Waals surface area contributed by atoms with Crippen LogP contribution in [0, 0.1) is 0 Å². The van der Waals surface area contributed by atoms with Crippen molar-refractivity contribution < 1.29 is 19.1 Å². The first kappa shape index (κ1) is 20.3. The van der Waals surface area contributed by atoms with Gasteiger partial charge in [0.15, 0.2) is 0 Å². The Hall–Kier alpha value is -2.04. The molecule has 0 aliphatic heterocycles. The Balaban J connectivity index is 0.000000298. The third-order valence-electron chi connectivity index (χ3n) is 3.96. The Labute approximate surface area is 163 Å². The normalized spacial score (nSPS) is 13.2. The minimum absolute atomic E-state index is 0.0510. The SMILES string of the molecule is CC(C)OC(=O)Cl.CC(OC(=O)Cl)C1c2ccccc2-c2ccccc21. The molecule has 0 bridgehead atoms. The van der Waals surface area contributed by atoms with Crippen LogP contribution in [0.5, 0.6) is 0 Å². The van der Waals surface area contributed by atoms with Gasteiger partial charge in [-0.25, -0.2) is 9.59 Å². The summed E-state index contributed by atoms with van der Waals surface area (Å²) in [6, 6.07) is 16.4. The van der Waals surface area contributed by atoms with Gasteiger partial charge >= 0.3 is 10.9 Å². The lowest BCUT2D eigenvalue weighted by Crippen LogP contribution is -2.19. The lowest BCUT2D eigenvalue weighted by molar-refractivity contribution is 0.122. The molecule has 138 valence electrons. The summed E-state index contributed by atoms with van der Waals surface area (Å²) >= 11 is 10.2. The molecule has 0 saturated heterocycles. The molecule has 0 radical (unpaired) electrons. The Bertz CT molecular complexity index is 743. The van der Waals surface area contributed by atoms with Crippen LogP contribution in [0.25, 0.3) is 11.1 Å². The summed E-state index contributed by atoms with van der Waals surface area (Å²) in [5, 5.41) is 0. The second-order valence-corrected chi connectivity index (χ2v) is 6.73. The van der Waals surface area contributed by atoms with Gasteiger partial charge in [0.2, 0.25) is 0 Å². The highest BCUT2D eigenvalue weighted by Crippen LogP contribution is 2.46. The van der Waals surface area contributed by atoms with Crippen LogP contribution in [-0.4, -0.2) is 23.1 Å². The predicted molar refractivity (Wildman–Crippen MR) is 103 cm³/mol. The van der Waals surface area contributed by atoms with E-state index < -0.39 is 10.9 Å². The van der Waals surface area contributed by atoms with Gasteiger partial charge < -0.3 is 9.47 Å². The van der Waals surface area contributed by atoms with Crippen molar-refractivity contribution in [3.8, 4) is 11.1 Å². The Morgan fingerprint density at radius 3 is 1.58 bits per heavy atom. The summed E-state index contributed by atoms with van der Waals surface area (Å²) < 4.78 is 9.55. The Morgan fingerprint density at radius 1 is 0.808 bits per heavy atom. The fourth-order valence-electron chi connectivity index (χ4n) is 3.10. The Morgan fingerprint density at radius 2 is 1.23 bits per heavy atom. The molecule has 0 saturated carbocycles. The van der Waals surface area contributed by atoms with Crippen molar-refractivity contribution >= 4 is 34.1 Å². The summed E-state index contributed by atoms with van der Waals surface area (Å²) in [6.07, 6.45) is -0.389. The molecule has 1 atom stereocenters. The van der Waals surface area contributed by atoms with Crippen LogP contribution in [0.4, 0.5) is 9.59 Å². The number of hydrogen-bond donors (Lipinski definition) is 0. The van der Waals surface area contributed by atoms with Crippen LogP contribution in [0.15, 0.2) is 48.5 Å². The van der Waals surface area contributed by atoms with Gasteiger partial charge in [0.1, 0.15) is 6.10 Å². The van der Waals surface area contributed by atoms with E-state index in [1.54, 1.807) is 13.8 Å². The van der Waals surface area contributed by atoms with Crippen LogP contribution in [0.2, 0.25) is 0 Å². The molecule has 6 heteroatoms. The van der Waals surface area contributed by atoms with E-state index in [-0.39, 0.29) is 18.1 Å². The molecule has 2 aromatic carbocycles. The molecule has 4 nitrogen and oxygen atoms in total. The predicted octanol–water partition coefficient (Wildman–Crippen LogP) is 6.33. The van der Waals surface area contributed by atoms with E-state index in [0.29, 0.717) is 0 Å². The number of benzene rings is 2. The largest absolute Gasteiger partial charge is 0.451 e. The maximum atomic E-state index is 11.0. The van der Waals surface area contributed by atoms with Gasteiger partial charge in [-0.15, -0.1) is 0 Å². The van der Waals surface area contributed by atoms with E-state index in [1.165, 1.54) is 22.3 Å². The maximum Gasteiger partial charge on any atom is 0.404 e. The van der Waals surface area contributed by atoms with Crippen molar-refractivity contribution in [3.05, 3.63) is 59.7 Å². The molecule has 1 aliphatic rings. The molecule has 2 aromatic rings. The average Bonchev–Trinajstić information content (AvgIpc) is 2.88. The number of fused-ring (bicyclic) bond motifs is 3. The molecule has 26 heavy (non-hydrogen) atoms. The minimum atomic E-state index is -0.755. The van der Waals surface area contributed by atoms with Crippen LogP contribution in [0.1, 0.15) is 37.8 Å². The number of carbonyl (C=O) groups is 2. The summed E-state index contributed by atoms with van der Waals surface area (Å²) in [4.78, 5) is 20.8. The lowest BCUT2D eigenvalue weighted by Gasteiger charge is -2.20. The average molecular weight is 395 g/mol. The minimum Gasteiger partial charge on any atom is -0.451 e. The van der Waals surface area contributed by atoms with Gasteiger partial charge in [0.25, 0.3) is 0 Å². The number of ether oxygens (including phenoxy) is 2. The zero-order valence-corrected chi connectivity index (χ0v) is 16.3. The van der Waals surface area contributed by atoms with Crippen molar-refractivity contribution in [1.29, 1.82) is 0 Å². The quantitative estimate of drug-likeness (QED) is 0.570. The molecule has 0 N–H and O–H groups in total. The number of rotatable bonds is 3. The summed E-state index contributed by atoms with van der Waals surface area (Å²) in [7, 11) is 0. The van der Waals surface area contributed by atoms with E-state index in [0.717, 1.165) is 0 Å². The number of hydrogen-bond acceptors (Lipinski definition) is 4. The fraction of sp³-hybridized carbons (Fsp3) is 0.300. The zero-order chi connectivity index (χ0) is 19.3. The van der Waals surface area contributed by atoms with Crippen LogP contribution >= 0.6 is 23.2 Å². The highest BCUT2D eigenvalue weighted by Gasteiger charge is 2.33. The van der Waals surface area contributed by atoms with Gasteiger partial charge in [-0.3, -0.25) is 0 Å². The molecule has 0 heterocycles. The van der Waals surface area contributed by atoms with Crippen molar-refractivity contribution in [2.75, 3.05) is 0 Å². The van der Waals surface area contributed by atoms with E-state index in [2.05, 4.69) is 29.0 Å². The number of halogens is 2. The van der Waals surface area contributed by atoms with E-state index in [9.17, 15) is 9.59 Å². The smallest absolute Gasteiger partial charge is 0.404 e. The first-order chi connectivity index (χ1) is 12.3. The molecule has 3 rings (SSSR count). The van der Waals surface area contributed by atoms with Gasteiger partial charge in [0.05, 0.1) is 6.10 Å². The van der Waals surface area contributed by atoms with Gasteiger partial charge in [-0.1, -0.05) is 48.5 Å². The molecular weight excluding hydrogens is 375 g/mol. The fourth-order valence-corrected chi connectivity index (χ4v) is 3.42. The first-order valence-corrected chi connectivity index (χ1v) is 8.97. The molecule has 0 fully saturated rings. The highest BCUT2D eigenvalue weighted by atomic mass is 35.5. The lowest BCUT2D eigenvalue weighted by atomic mass is 9.92. The second-order valence-electron chi connectivity index (χ2n) is 6.12. The summed E-state index contributed by atoms with van der Waals surface area (Å²) in [5.41, 5.74) is 3.30. The second kappa shape index (κ2) is 9.06. The van der Waals surface area contributed by atoms with Crippen molar-refractivity contribution in [1.82, 2.24) is 0 Å². The topological polar surface area (TPSA) is 52.6 Å². The summed E-state index contributed by atoms with van der Waals surface area (Å²) in [6.45, 7) is 5.35. The van der Waals surface area contributed by atoms with Crippen molar-refractivity contribution in [3.63, 3.8) is 0 Å². The third-order valence-corrected chi connectivity index (χ3v) is 4.14. The van der Waals surface area contributed by atoms with Gasteiger partial charge in [0, 0.05) is 29.1 Å². The summed E-state index contributed by atoms with van der Waals surface area (Å²) in [5.74, 6) is 0.0510. The van der Waals surface area contributed by atoms with Crippen LogP contribution in [-0.2, 0) is 9.47 Å².